The Morgan fingerprint density at radius 3 is 2.54 bits per heavy atom. The molecule has 0 saturated heterocycles. The number of carbonyl (C=O) groups is 2. The number of tetrazole rings is 1. The molecule has 1 unspecified atom stereocenters. The molecule has 0 amide bonds. The third kappa shape index (κ3) is 6.67. The van der Waals surface area contributed by atoms with Crippen LogP contribution in [0.1, 0.15) is 61.9 Å². The Balaban J connectivity index is 1.25. The number of nitrogens with zero attached hydrogens (tertiary/aromatic N) is 5. The van der Waals surface area contributed by atoms with E-state index in [0.717, 1.165) is 32.1 Å². The lowest BCUT2D eigenvalue weighted by Gasteiger charge is -2.22. The zero-order valence-corrected chi connectivity index (χ0v) is 25.4. The fourth-order valence-electron chi connectivity index (χ4n) is 5.68. The number of imidazole rings is 1. The van der Waals surface area contributed by atoms with Crippen molar-refractivity contribution in [2.75, 3.05) is 6.61 Å². The van der Waals surface area contributed by atoms with E-state index in [-0.39, 0.29) is 24.2 Å². The summed E-state index contributed by atoms with van der Waals surface area (Å²) in [6.07, 6.45) is 2.43. The second kappa shape index (κ2) is 13.8. The molecule has 46 heavy (non-hydrogen) atoms. The van der Waals surface area contributed by atoms with Gasteiger partial charge >= 0.3 is 12.1 Å². The molecule has 12 nitrogen and oxygen atoms in total. The van der Waals surface area contributed by atoms with Crippen molar-refractivity contribution in [3.05, 3.63) is 77.6 Å². The van der Waals surface area contributed by atoms with Crippen LogP contribution in [0.2, 0.25) is 0 Å². The molecule has 2 heterocycles. The van der Waals surface area contributed by atoms with E-state index in [1.54, 1.807) is 47.0 Å². The third-order valence-electron chi connectivity index (χ3n) is 7.75. The van der Waals surface area contributed by atoms with Gasteiger partial charge in [0.2, 0.25) is 12.1 Å². The number of aromatic nitrogens is 6. The zero-order chi connectivity index (χ0) is 32.0. The highest BCUT2D eigenvalue weighted by Gasteiger charge is 2.25. The Hall–Kier alpha value is -5.33. The molecule has 0 bridgehead atoms. The monoisotopic (exact) mass is 628 g/mol. The lowest BCUT2D eigenvalue weighted by Crippen LogP contribution is -2.26. The van der Waals surface area contributed by atoms with Gasteiger partial charge in [0.15, 0.2) is 0 Å². The molecular formula is C33H33FN6O6. The number of benzene rings is 3. The van der Waals surface area contributed by atoms with Crippen LogP contribution in [0.5, 0.6) is 6.01 Å². The molecule has 5 aromatic rings. The van der Waals surface area contributed by atoms with Gasteiger partial charge in [-0.05, 0) is 67.1 Å². The van der Waals surface area contributed by atoms with Crippen molar-refractivity contribution in [3.63, 3.8) is 0 Å². The minimum atomic E-state index is -1.20. The molecule has 0 spiro atoms. The maximum absolute atomic E-state index is 15.7. The highest BCUT2D eigenvalue weighted by molar-refractivity contribution is 6.02. The number of esters is 1. The molecule has 13 heteroatoms. The normalized spacial score (nSPS) is 14.2. The molecule has 2 aromatic heterocycles. The Morgan fingerprint density at radius 1 is 1.00 bits per heavy atom. The molecule has 0 aliphatic heterocycles. The molecule has 1 fully saturated rings. The fraction of sp³-hybridized carbons (Fsp3) is 0.333. The standard InChI is InChI=1S/C33H33FN6O6/c1-3-43-32-35-28-15-9-14-26(31(41)44-20(2)45-33(42)46-22-10-5-4-6-11-22)29(28)40(32)19-21-16-17-24(27(34)18-21)23-12-7-8-13-25(23)30-36-38-39-37-30/h7-9,12-18,20,22H,3-6,10-11,19H2,1-2H3,(H,36,37,38,39). The van der Waals surface area contributed by atoms with Crippen LogP contribution in [0, 0.1) is 5.82 Å². The first-order valence-corrected chi connectivity index (χ1v) is 15.2. The lowest BCUT2D eigenvalue weighted by atomic mass is 9.97. The quantitative estimate of drug-likeness (QED) is 0.135. The van der Waals surface area contributed by atoms with Crippen LogP contribution >= 0.6 is 0 Å². The number of para-hydroxylation sites is 1. The van der Waals surface area contributed by atoms with E-state index >= 15 is 4.39 Å². The summed E-state index contributed by atoms with van der Waals surface area (Å²) in [6, 6.07) is 17.4. The maximum atomic E-state index is 15.7. The van der Waals surface area contributed by atoms with Crippen LogP contribution in [0.3, 0.4) is 0 Å². The molecular weight excluding hydrogens is 595 g/mol. The molecule has 6 rings (SSSR count). The van der Waals surface area contributed by atoms with Crippen LogP contribution in [0.15, 0.2) is 60.7 Å². The van der Waals surface area contributed by atoms with Gasteiger partial charge in [0.1, 0.15) is 11.9 Å². The Kier molecular flexibility index (Phi) is 9.18. The third-order valence-corrected chi connectivity index (χ3v) is 7.75. The van der Waals surface area contributed by atoms with Gasteiger partial charge in [-0.1, -0.05) is 48.9 Å². The van der Waals surface area contributed by atoms with E-state index in [1.165, 1.54) is 13.0 Å². The predicted molar refractivity (Wildman–Crippen MR) is 164 cm³/mol. The lowest BCUT2D eigenvalue weighted by molar-refractivity contribution is -0.0914. The Morgan fingerprint density at radius 2 is 1.80 bits per heavy atom. The Labute approximate surface area is 263 Å². The molecule has 3 aromatic carbocycles. The van der Waals surface area contributed by atoms with Crippen LogP contribution in [0.4, 0.5) is 9.18 Å². The van der Waals surface area contributed by atoms with Gasteiger partial charge in [-0.15, -0.1) is 10.2 Å². The number of ether oxygens (including phenoxy) is 4. The summed E-state index contributed by atoms with van der Waals surface area (Å²) in [5.74, 6) is -0.834. The first-order chi connectivity index (χ1) is 22.4. The summed E-state index contributed by atoms with van der Waals surface area (Å²) < 4.78 is 39.3. The molecule has 1 atom stereocenters. The largest absolute Gasteiger partial charge is 0.511 e. The fourth-order valence-corrected chi connectivity index (χ4v) is 5.68. The van der Waals surface area contributed by atoms with Gasteiger partial charge in [0.05, 0.1) is 29.7 Å². The number of fused-ring (bicyclic) bond motifs is 1. The van der Waals surface area contributed by atoms with E-state index in [2.05, 4.69) is 25.6 Å². The number of H-pyrrole nitrogens is 1. The highest BCUT2D eigenvalue weighted by atomic mass is 19.1. The average Bonchev–Trinajstić information content (AvgIpc) is 3.70. The topological polar surface area (TPSA) is 143 Å². The number of nitrogens with one attached hydrogen (secondary N) is 1. The van der Waals surface area contributed by atoms with Crippen LogP contribution in [-0.2, 0) is 20.8 Å². The second-order valence-corrected chi connectivity index (χ2v) is 10.9. The first-order valence-electron chi connectivity index (χ1n) is 15.2. The molecule has 0 radical (unpaired) electrons. The number of hydrogen-bond acceptors (Lipinski definition) is 10. The number of carbonyl (C=O) groups excluding carboxylic acids is 2. The first kappa shape index (κ1) is 30.7. The van der Waals surface area contributed by atoms with Crippen molar-refractivity contribution in [1.82, 2.24) is 30.2 Å². The maximum Gasteiger partial charge on any atom is 0.511 e. The molecule has 1 aliphatic rings. The van der Waals surface area contributed by atoms with Crippen molar-refractivity contribution in [2.24, 2.45) is 0 Å². The minimum Gasteiger partial charge on any atom is -0.465 e. The van der Waals surface area contributed by atoms with Gasteiger partial charge < -0.3 is 18.9 Å². The van der Waals surface area contributed by atoms with Crippen molar-refractivity contribution in [1.29, 1.82) is 0 Å². The molecule has 238 valence electrons. The van der Waals surface area contributed by atoms with Crippen molar-refractivity contribution < 1.29 is 32.9 Å². The summed E-state index contributed by atoms with van der Waals surface area (Å²) in [4.78, 5) is 30.3. The van der Waals surface area contributed by atoms with E-state index in [9.17, 15) is 9.59 Å². The highest BCUT2D eigenvalue weighted by Crippen LogP contribution is 2.33. The zero-order valence-electron chi connectivity index (χ0n) is 25.4. The van der Waals surface area contributed by atoms with Crippen molar-refractivity contribution in [2.45, 2.75) is 64.9 Å². The van der Waals surface area contributed by atoms with Gasteiger partial charge in [0, 0.05) is 18.1 Å². The van der Waals surface area contributed by atoms with E-state index < -0.39 is 24.2 Å². The Bertz CT molecular complexity index is 1840. The number of rotatable bonds is 10. The summed E-state index contributed by atoms with van der Waals surface area (Å²) in [5.41, 5.74) is 3.30. The van der Waals surface area contributed by atoms with Crippen molar-refractivity contribution in [3.8, 4) is 28.5 Å². The average molecular weight is 629 g/mol. The predicted octanol–water partition coefficient (Wildman–Crippen LogP) is 6.46. The SMILES string of the molecule is CCOc1nc2cccc(C(=O)OC(C)OC(=O)OC3CCCCC3)c2n1Cc1ccc(-c2ccccc2-c2nn[nH]n2)c(F)c1. The van der Waals surface area contributed by atoms with Gasteiger partial charge in [-0.2, -0.15) is 10.2 Å². The summed E-state index contributed by atoms with van der Waals surface area (Å²) >= 11 is 0. The van der Waals surface area contributed by atoms with Gasteiger partial charge in [-0.3, -0.25) is 4.57 Å². The molecule has 1 saturated carbocycles. The molecule has 1 N–H and O–H groups in total. The summed E-state index contributed by atoms with van der Waals surface area (Å²) in [6.45, 7) is 3.72. The number of halogens is 1. The summed E-state index contributed by atoms with van der Waals surface area (Å²) in [7, 11) is 0. The van der Waals surface area contributed by atoms with Crippen molar-refractivity contribution >= 4 is 23.2 Å². The smallest absolute Gasteiger partial charge is 0.465 e. The van der Waals surface area contributed by atoms with Gasteiger partial charge in [-0.25, -0.2) is 14.0 Å². The number of aromatic amines is 1. The number of hydrogen-bond donors (Lipinski definition) is 1. The molecule has 1 aliphatic carbocycles. The second-order valence-electron chi connectivity index (χ2n) is 10.9. The van der Waals surface area contributed by atoms with Crippen LogP contribution < -0.4 is 4.74 Å². The summed E-state index contributed by atoms with van der Waals surface area (Å²) in [5, 5.41) is 14.1. The van der Waals surface area contributed by atoms with Gasteiger partial charge in [0.25, 0.3) is 6.01 Å². The minimum absolute atomic E-state index is 0.138. The van der Waals surface area contributed by atoms with E-state index in [1.807, 2.05) is 19.1 Å². The van der Waals surface area contributed by atoms with E-state index in [4.69, 9.17) is 18.9 Å². The van der Waals surface area contributed by atoms with E-state index in [0.29, 0.717) is 45.7 Å². The van der Waals surface area contributed by atoms with Crippen LogP contribution in [0.25, 0.3) is 33.5 Å². The van der Waals surface area contributed by atoms with Crippen LogP contribution in [-0.4, -0.2) is 61.3 Å².